The van der Waals surface area contributed by atoms with Gasteiger partial charge in [-0.05, 0) is 34.5 Å². The minimum Gasteiger partial charge on any atom is -0.480 e. The normalized spacial score (nSPS) is 9.86. The summed E-state index contributed by atoms with van der Waals surface area (Å²) in [4.78, 5) is 22.0. The Morgan fingerprint density at radius 3 is 2.71 bits per heavy atom. The number of carbonyl (C=O) groups excluding carboxylic acids is 1. The van der Waals surface area contributed by atoms with Crippen molar-refractivity contribution in [3.63, 3.8) is 0 Å². The number of aryl methyl sites for hydroxylation is 1. The van der Waals surface area contributed by atoms with E-state index in [1.807, 2.05) is 6.92 Å². The fourth-order valence-electron chi connectivity index (χ4n) is 0.815. The number of amides is 1. The molecule has 1 amide bonds. The lowest BCUT2D eigenvalue weighted by atomic mass is 10.3. The fraction of sp³-hybridized carbons (Fsp3) is 0.250. The van der Waals surface area contributed by atoms with Crippen LogP contribution in [0.25, 0.3) is 0 Å². The molecule has 0 saturated heterocycles. The van der Waals surface area contributed by atoms with Crippen molar-refractivity contribution in [2.75, 3.05) is 6.54 Å². The minimum atomic E-state index is -1.05. The highest BCUT2D eigenvalue weighted by Gasteiger charge is 2.11. The number of hydrogen-bond acceptors (Lipinski definition) is 3. The molecule has 6 heteroatoms. The van der Waals surface area contributed by atoms with Crippen LogP contribution in [0.1, 0.15) is 15.2 Å². The summed E-state index contributed by atoms with van der Waals surface area (Å²) in [6, 6.07) is 1.71. The van der Waals surface area contributed by atoms with Crippen molar-refractivity contribution >= 4 is 39.1 Å². The molecular formula is C8H8BrNO3S. The summed E-state index contributed by atoms with van der Waals surface area (Å²) in [5.41, 5.74) is 0.968. The number of rotatable bonds is 3. The van der Waals surface area contributed by atoms with Gasteiger partial charge in [-0.15, -0.1) is 11.3 Å². The highest BCUT2D eigenvalue weighted by Crippen LogP contribution is 2.26. The molecule has 1 aromatic rings. The second kappa shape index (κ2) is 4.56. The quantitative estimate of drug-likeness (QED) is 0.883. The molecule has 0 aliphatic carbocycles. The van der Waals surface area contributed by atoms with Crippen LogP contribution in [0.15, 0.2) is 9.85 Å². The van der Waals surface area contributed by atoms with Crippen LogP contribution in [0.2, 0.25) is 0 Å². The lowest BCUT2D eigenvalue weighted by Gasteiger charge is -1.97. The number of halogens is 1. The molecule has 0 saturated carbocycles. The van der Waals surface area contributed by atoms with Gasteiger partial charge in [0.25, 0.3) is 5.91 Å². The first-order chi connectivity index (χ1) is 6.50. The molecule has 0 aliphatic rings. The zero-order valence-electron chi connectivity index (χ0n) is 7.33. The Bertz CT molecular complexity index is 355. The van der Waals surface area contributed by atoms with Gasteiger partial charge in [0.2, 0.25) is 0 Å². The van der Waals surface area contributed by atoms with E-state index in [0.29, 0.717) is 4.88 Å². The maximum absolute atomic E-state index is 11.3. The van der Waals surface area contributed by atoms with Crippen LogP contribution in [0.4, 0.5) is 0 Å². The first-order valence-electron chi connectivity index (χ1n) is 3.76. The lowest BCUT2D eigenvalue weighted by Crippen LogP contribution is -2.28. The lowest BCUT2D eigenvalue weighted by molar-refractivity contribution is -0.135. The predicted octanol–water partition coefficient (Wildman–Crippen LogP) is 1.63. The standard InChI is InChI=1S/C8H8BrNO3S/c1-4-2-5(14-7(4)9)8(13)10-3-6(11)12/h2H,3H2,1H3,(H,10,13)(H,11,12). The monoisotopic (exact) mass is 277 g/mol. The van der Waals surface area contributed by atoms with Crippen LogP contribution in [-0.4, -0.2) is 23.5 Å². The van der Waals surface area contributed by atoms with Crippen molar-refractivity contribution in [1.82, 2.24) is 5.32 Å². The number of aliphatic carboxylic acids is 1. The van der Waals surface area contributed by atoms with Crippen LogP contribution in [0, 0.1) is 6.92 Å². The second-order valence-electron chi connectivity index (χ2n) is 2.64. The van der Waals surface area contributed by atoms with E-state index in [0.717, 1.165) is 9.35 Å². The Labute approximate surface area is 93.1 Å². The second-order valence-corrected chi connectivity index (χ2v) is 5.01. The molecule has 4 nitrogen and oxygen atoms in total. The van der Waals surface area contributed by atoms with E-state index in [-0.39, 0.29) is 12.5 Å². The number of nitrogens with one attached hydrogen (secondary N) is 1. The predicted molar refractivity (Wildman–Crippen MR) is 56.7 cm³/mol. The van der Waals surface area contributed by atoms with Gasteiger partial charge in [-0.25, -0.2) is 0 Å². The van der Waals surface area contributed by atoms with E-state index < -0.39 is 5.97 Å². The Kier molecular flexibility index (Phi) is 3.65. The summed E-state index contributed by atoms with van der Waals surface area (Å²) in [6.45, 7) is 1.52. The zero-order valence-corrected chi connectivity index (χ0v) is 9.74. The number of carbonyl (C=O) groups is 2. The smallest absolute Gasteiger partial charge is 0.322 e. The highest BCUT2D eigenvalue weighted by atomic mass is 79.9. The highest BCUT2D eigenvalue weighted by molar-refractivity contribution is 9.11. The maximum Gasteiger partial charge on any atom is 0.322 e. The molecule has 14 heavy (non-hydrogen) atoms. The molecule has 0 aromatic carbocycles. The molecule has 0 aliphatic heterocycles. The average Bonchev–Trinajstić information content (AvgIpc) is 2.43. The Balaban J connectivity index is 2.65. The molecule has 76 valence electrons. The van der Waals surface area contributed by atoms with Gasteiger partial charge in [0.1, 0.15) is 6.54 Å². The molecule has 0 fully saturated rings. The van der Waals surface area contributed by atoms with Crippen LogP contribution in [0.5, 0.6) is 0 Å². The van der Waals surface area contributed by atoms with Gasteiger partial charge in [-0.1, -0.05) is 0 Å². The molecule has 0 unspecified atom stereocenters. The van der Waals surface area contributed by atoms with Gasteiger partial charge in [-0.2, -0.15) is 0 Å². The minimum absolute atomic E-state index is 0.354. The largest absolute Gasteiger partial charge is 0.480 e. The molecule has 1 rings (SSSR count). The van der Waals surface area contributed by atoms with Gasteiger partial charge in [-0.3, -0.25) is 9.59 Å². The third-order valence-corrected chi connectivity index (χ3v) is 3.62. The first kappa shape index (κ1) is 11.2. The van der Waals surface area contributed by atoms with E-state index in [4.69, 9.17) is 5.11 Å². The van der Waals surface area contributed by atoms with Gasteiger partial charge in [0, 0.05) is 0 Å². The first-order valence-corrected chi connectivity index (χ1v) is 5.37. The van der Waals surface area contributed by atoms with Gasteiger partial charge in [0.15, 0.2) is 0 Å². The summed E-state index contributed by atoms with van der Waals surface area (Å²) in [5, 5.41) is 10.6. The van der Waals surface area contributed by atoms with Crippen LogP contribution in [0.3, 0.4) is 0 Å². The molecular weight excluding hydrogens is 270 g/mol. The third kappa shape index (κ3) is 2.81. The number of carboxylic acid groups (broad SMARTS) is 1. The Morgan fingerprint density at radius 2 is 2.29 bits per heavy atom. The van der Waals surface area contributed by atoms with Crippen LogP contribution >= 0.6 is 27.3 Å². The van der Waals surface area contributed by atoms with Crippen molar-refractivity contribution in [3.8, 4) is 0 Å². The summed E-state index contributed by atoms with van der Waals surface area (Å²) >= 11 is 4.57. The summed E-state index contributed by atoms with van der Waals surface area (Å²) < 4.78 is 0.887. The maximum atomic E-state index is 11.3. The number of carboxylic acids is 1. The zero-order chi connectivity index (χ0) is 10.7. The van der Waals surface area contributed by atoms with E-state index in [9.17, 15) is 9.59 Å². The van der Waals surface area contributed by atoms with E-state index in [1.165, 1.54) is 11.3 Å². The molecule has 0 bridgehead atoms. The molecule has 2 N–H and O–H groups in total. The van der Waals surface area contributed by atoms with E-state index in [2.05, 4.69) is 21.2 Å². The van der Waals surface area contributed by atoms with Gasteiger partial charge < -0.3 is 10.4 Å². The molecule has 0 atom stereocenters. The van der Waals surface area contributed by atoms with Crippen molar-refractivity contribution in [1.29, 1.82) is 0 Å². The molecule has 1 heterocycles. The topological polar surface area (TPSA) is 66.4 Å². The van der Waals surface area contributed by atoms with Crippen LogP contribution < -0.4 is 5.32 Å². The van der Waals surface area contributed by atoms with Gasteiger partial charge >= 0.3 is 5.97 Å². The third-order valence-electron chi connectivity index (χ3n) is 1.48. The Hall–Kier alpha value is -0.880. The summed E-state index contributed by atoms with van der Waals surface area (Å²) in [7, 11) is 0. The number of thiophene rings is 1. The SMILES string of the molecule is Cc1cc(C(=O)NCC(=O)O)sc1Br. The molecule has 1 aromatic heterocycles. The average molecular weight is 278 g/mol. The summed E-state index contributed by atoms with van der Waals surface area (Å²) in [6.07, 6.45) is 0. The van der Waals surface area contributed by atoms with Crippen molar-refractivity contribution in [2.45, 2.75) is 6.92 Å². The van der Waals surface area contributed by atoms with E-state index >= 15 is 0 Å². The van der Waals surface area contributed by atoms with Crippen molar-refractivity contribution < 1.29 is 14.7 Å². The van der Waals surface area contributed by atoms with E-state index in [1.54, 1.807) is 6.07 Å². The fourth-order valence-corrected chi connectivity index (χ4v) is 2.27. The van der Waals surface area contributed by atoms with Crippen LogP contribution in [-0.2, 0) is 4.79 Å². The van der Waals surface area contributed by atoms with Crippen molar-refractivity contribution in [2.24, 2.45) is 0 Å². The summed E-state index contributed by atoms with van der Waals surface area (Å²) in [5.74, 6) is -1.41. The van der Waals surface area contributed by atoms with Crippen molar-refractivity contribution in [3.05, 3.63) is 20.3 Å². The Morgan fingerprint density at radius 1 is 1.64 bits per heavy atom. The van der Waals surface area contributed by atoms with Gasteiger partial charge in [0.05, 0.1) is 8.66 Å². The molecule has 0 spiro atoms. The number of hydrogen-bond donors (Lipinski definition) is 2. The molecule has 0 radical (unpaired) electrons.